The third-order valence-electron chi connectivity index (χ3n) is 5.26. The van der Waals surface area contributed by atoms with Gasteiger partial charge < -0.3 is 10.4 Å². The Balaban J connectivity index is 1.85. The van der Waals surface area contributed by atoms with Gasteiger partial charge in [-0.05, 0) is 44.6 Å². The highest BCUT2D eigenvalue weighted by atomic mass is 16.3. The second-order valence-electron chi connectivity index (χ2n) is 6.76. The molecule has 2 saturated carbocycles. The van der Waals surface area contributed by atoms with Crippen LogP contribution >= 0.6 is 0 Å². The van der Waals surface area contributed by atoms with Gasteiger partial charge in [0, 0.05) is 25.2 Å². The van der Waals surface area contributed by atoms with Crippen LogP contribution in [0.25, 0.3) is 0 Å². The van der Waals surface area contributed by atoms with Crippen LogP contribution in [0.1, 0.15) is 64.7 Å². The second kappa shape index (κ2) is 9.01. The van der Waals surface area contributed by atoms with E-state index in [1.807, 2.05) is 0 Å². The molecular formula is C17H34N2O. The van der Waals surface area contributed by atoms with Gasteiger partial charge in [-0.1, -0.05) is 32.6 Å². The third-order valence-corrected chi connectivity index (χ3v) is 5.26. The summed E-state index contributed by atoms with van der Waals surface area (Å²) in [7, 11) is 0. The van der Waals surface area contributed by atoms with Gasteiger partial charge in [0.05, 0.1) is 6.61 Å². The van der Waals surface area contributed by atoms with Crippen LogP contribution in [0.4, 0.5) is 0 Å². The number of rotatable bonds is 8. The van der Waals surface area contributed by atoms with Crippen LogP contribution < -0.4 is 5.32 Å². The molecule has 3 heteroatoms. The van der Waals surface area contributed by atoms with Gasteiger partial charge in [0.15, 0.2) is 0 Å². The predicted octanol–water partition coefficient (Wildman–Crippen LogP) is 2.78. The third kappa shape index (κ3) is 4.71. The molecule has 3 nitrogen and oxygen atoms in total. The molecule has 2 fully saturated rings. The van der Waals surface area contributed by atoms with E-state index in [0.717, 1.165) is 31.1 Å². The van der Waals surface area contributed by atoms with Gasteiger partial charge >= 0.3 is 0 Å². The van der Waals surface area contributed by atoms with Crippen molar-refractivity contribution < 1.29 is 5.11 Å². The van der Waals surface area contributed by atoms with Crippen LogP contribution in [0.15, 0.2) is 0 Å². The van der Waals surface area contributed by atoms with Crippen molar-refractivity contribution in [1.82, 2.24) is 10.2 Å². The summed E-state index contributed by atoms with van der Waals surface area (Å²) in [5, 5.41) is 13.1. The maximum absolute atomic E-state index is 9.39. The van der Waals surface area contributed by atoms with Crippen molar-refractivity contribution in [1.29, 1.82) is 0 Å². The van der Waals surface area contributed by atoms with E-state index < -0.39 is 0 Å². The van der Waals surface area contributed by atoms with Gasteiger partial charge in [0.1, 0.15) is 0 Å². The lowest BCUT2D eigenvalue weighted by molar-refractivity contribution is 0.101. The van der Waals surface area contributed by atoms with E-state index in [0.29, 0.717) is 6.61 Å². The first-order chi connectivity index (χ1) is 9.85. The lowest BCUT2D eigenvalue weighted by atomic mass is 9.92. The Bertz CT molecular complexity index is 253. The predicted molar refractivity (Wildman–Crippen MR) is 85.0 cm³/mol. The summed E-state index contributed by atoms with van der Waals surface area (Å²) in [5.41, 5.74) is 0. The van der Waals surface area contributed by atoms with Crippen LogP contribution in [0.5, 0.6) is 0 Å². The van der Waals surface area contributed by atoms with Crippen molar-refractivity contribution >= 4 is 0 Å². The van der Waals surface area contributed by atoms with Crippen molar-refractivity contribution in [2.75, 3.05) is 26.2 Å². The van der Waals surface area contributed by atoms with Crippen LogP contribution in [0, 0.1) is 5.92 Å². The zero-order valence-corrected chi connectivity index (χ0v) is 13.3. The van der Waals surface area contributed by atoms with E-state index in [1.165, 1.54) is 64.3 Å². The highest BCUT2D eigenvalue weighted by Gasteiger charge is 2.30. The van der Waals surface area contributed by atoms with Gasteiger partial charge in [0.2, 0.25) is 0 Å². The maximum Gasteiger partial charge on any atom is 0.0558 e. The smallest absolute Gasteiger partial charge is 0.0558 e. The fraction of sp³-hybridized carbons (Fsp3) is 1.00. The molecule has 2 aliphatic carbocycles. The van der Waals surface area contributed by atoms with Crippen LogP contribution in [-0.4, -0.2) is 48.3 Å². The SMILES string of the molecule is CCCNC1CCCC1CN(CCO)C1CCCCC1. The molecule has 0 amide bonds. The summed E-state index contributed by atoms with van der Waals surface area (Å²) in [4.78, 5) is 2.61. The molecule has 0 aromatic carbocycles. The fourth-order valence-electron chi connectivity index (χ4n) is 4.15. The van der Waals surface area contributed by atoms with Gasteiger partial charge in [-0.3, -0.25) is 4.90 Å². The van der Waals surface area contributed by atoms with Gasteiger partial charge in [-0.2, -0.15) is 0 Å². The Morgan fingerprint density at radius 2 is 1.85 bits per heavy atom. The average molecular weight is 282 g/mol. The molecule has 0 aliphatic heterocycles. The number of nitrogens with zero attached hydrogens (tertiary/aromatic N) is 1. The summed E-state index contributed by atoms with van der Waals surface area (Å²) in [6, 6.07) is 1.46. The first-order valence-corrected chi connectivity index (χ1v) is 8.93. The molecule has 20 heavy (non-hydrogen) atoms. The van der Waals surface area contributed by atoms with Gasteiger partial charge in [0.25, 0.3) is 0 Å². The fourth-order valence-corrected chi connectivity index (χ4v) is 4.15. The molecule has 0 radical (unpaired) electrons. The number of aliphatic hydroxyl groups excluding tert-OH is 1. The molecule has 2 rings (SSSR count). The second-order valence-corrected chi connectivity index (χ2v) is 6.76. The van der Waals surface area contributed by atoms with Crippen molar-refractivity contribution in [2.45, 2.75) is 76.8 Å². The lowest BCUT2D eigenvalue weighted by Crippen LogP contribution is -2.45. The van der Waals surface area contributed by atoms with E-state index in [2.05, 4.69) is 17.1 Å². The minimum atomic E-state index is 0.316. The Kier molecular flexibility index (Phi) is 7.32. The molecule has 0 aromatic heterocycles. The highest BCUT2D eigenvalue weighted by Crippen LogP contribution is 2.29. The molecule has 0 saturated heterocycles. The average Bonchev–Trinajstić information content (AvgIpc) is 2.93. The Morgan fingerprint density at radius 1 is 1.05 bits per heavy atom. The standard InChI is InChI=1S/C17H34N2O/c1-2-11-18-17-10-6-7-15(17)14-19(12-13-20)16-8-4-3-5-9-16/h15-18,20H,2-14H2,1H3. The van der Waals surface area contributed by atoms with E-state index in [1.54, 1.807) is 0 Å². The lowest BCUT2D eigenvalue weighted by Gasteiger charge is -2.37. The molecule has 2 atom stereocenters. The topological polar surface area (TPSA) is 35.5 Å². The van der Waals surface area contributed by atoms with Gasteiger partial charge in [-0.25, -0.2) is 0 Å². The van der Waals surface area contributed by atoms with Crippen LogP contribution in [0.3, 0.4) is 0 Å². The molecule has 0 bridgehead atoms. The zero-order valence-electron chi connectivity index (χ0n) is 13.3. The molecule has 0 spiro atoms. The van der Waals surface area contributed by atoms with E-state index in [9.17, 15) is 5.11 Å². The van der Waals surface area contributed by atoms with Gasteiger partial charge in [-0.15, -0.1) is 0 Å². The number of nitrogens with one attached hydrogen (secondary N) is 1. The Hall–Kier alpha value is -0.120. The first-order valence-electron chi connectivity index (χ1n) is 8.93. The highest BCUT2D eigenvalue weighted by molar-refractivity contribution is 4.87. The summed E-state index contributed by atoms with van der Waals surface area (Å²) >= 11 is 0. The summed E-state index contributed by atoms with van der Waals surface area (Å²) in [6.45, 7) is 5.80. The van der Waals surface area contributed by atoms with E-state index >= 15 is 0 Å². The Morgan fingerprint density at radius 3 is 2.55 bits per heavy atom. The normalized spacial score (nSPS) is 28.4. The number of hydrogen-bond acceptors (Lipinski definition) is 3. The summed E-state index contributed by atoms with van der Waals surface area (Å²) in [6.07, 6.45) is 12.2. The molecule has 0 heterocycles. The zero-order chi connectivity index (χ0) is 14.2. The largest absolute Gasteiger partial charge is 0.395 e. The Labute approximate surface area is 125 Å². The summed E-state index contributed by atoms with van der Waals surface area (Å²) in [5.74, 6) is 0.801. The van der Waals surface area contributed by atoms with Crippen LogP contribution in [-0.2, 0) is 0 Å². The van der Waals surface area contributed by atoms with Crippen LogP contribution in [0.2, 0.25) is 0 Å². The first kappa shape index (κ1) is 16.3. The van der Waals surface area contributed by atoms with Crippen molar-refractivity contribution in [2.24, 2.45) is 5.92 Å². The van der Waals surface area contributed by atoms with Crippen molar-refractivity contribution in [3.63, 3.8) is 0 Å². The molecule has 2 unspecified atom stereocenters. The molecule has 2 N–H and O–H groups in total. The van der Waals surface area contributed by atoms with Crippen molar-refractivity contribution in [3.05, 3.63) is 0 Å². The monoisotopic (exact) mass is 282 g/mol. The number of hydrogen-bond donors (Lipinski definition) is 2. The molecule has 0 aromatic rings. The molecular weight excluding hydrogens is 248 g/mol. The molecule has 118 valence electrons. The molecule has 2 aliphatic rings. The quantitative estimate of drug-likeness (QED) is 0.718. The number of aliphatic hydroxyl groups is 1. The minimum absolute atomic E-state index is 0.316. The van der Waals surface area contributed by atoms with E-state index in [4.69, 9.17) is 0 Å². The van der Waals surface area contributed by atoms with Crippen molar-refractivity contribution in [3.8, 4) is 0 Å². The van der Waals surface area contributed by atoms with E-state index in [-0.39, 0.29) is 0 Å². The summed E-state index contributed by atoms with van der Waals surface area (Å²) < 4.78 is 0. The minimum Gasteiger partial charge on any atom is -0.395 e. The maximum atomic E-state index is 9.39.